The molecule has 9 nitrogen and oxygen atoms in total. The van der Waals surface area contributed by atoms with Crippen molar-refractivity contribution in [1.29, 1.82) is 0 Å². The van der Waals surface area contributed by atoms with Crippen molar-refractivity contribution in [3.8, 4) is 0 Å². The number of rotatable bonds is 6. The van der Waals surface area contributed by atoms with E-state index in [4.69, 9.17) is 15.8 Å². The van der Waals surface area contributed by atoms with Gasteiger partial charge in [0.1, 0.15) is 23.4 Å². The van der Waals surface area contributed by atoms with E-state index in [-0.39, 0.29) is 17.6 Å². The van der Waals surface area contributed by atoms with Gasteiger partial charge in [-0.05, 0) is 48.7 Å². The smallest absolute Gasteiger partial charge is 0.252 e. The Morgan fingerprint density at radius 3 is 2.77 bits per heavy atom. The number of benzene rings is 1. The lowest BCUT2D eigenvalue weighted by atomic mass is 10.0. The van der Waals surface area contributed by atoms with E-state index in [1.807, 2.05) is 26.0 Å². The molecule has 1 fully saturated rings. The molecular weight excluding hydrogens is 447 g/mol. The standard InChI is InChI=1S/C25H27FN8O/c1-15(2)21(31-17-7-5-16(26)6-8-17)20(14-27)33-13-9-19(25(33)35)34-24-18(4-3-10-30-24)22(32-34)23-28-11-12-29-23/h3-8,10,14-15,19H,9,11-13,27H2,1-2H3,(H,28,29). The Bertz CT molecular complexity index is 1360. The predicted octanol–water partition coefficient (Wildman–Crippen LogP) is 2.92. The second-order valence-corrected chi connectivity index (χ2v) is 8.80. The van der Waals surface area contributed by atoms with Crippen LogP contribution < -0.4 is 11.1 Å². The number of amidine groups is 1. The molecule has 0 bridgehead atoms. The average molecular weight is 475 g/mol. The summed E-state index contributed by atoms with van der Waals surface area (Å²) in [4.78, 5) is 29.1. The molecule has 0 radical (unpaired) electrons. The van der Waals surface area contributed by atoms with Gasteiger partial charge in [0, 0.05) is 25.5 Å². The van der Waals surface area contributed by atoms with Crippen molar-refractivity contribution in [2.24, 2.45) is 21.6 Å². The third-order valence-electron chi connectivity index (χ3n) is 6.17. The van der Waals surface area contributed by atoms with Crippen molar-refractivity contribution in [1.82, 2.24) is 25.0 Å². The van der Waals surface area contributed by atoms with Crippen LogP contribution in [0.5, 0.6) is 0 Å². The second kappa shape index (κ2) is 9.28. The van der Waals surface area contributed by atoms with Gasteiger partial charge in [-0.3, -0.25) is 14.8 Å². The van der Waals surface area contributed by atoms with Gasteiger partial charge in [0.25, 0.3) is 5.91 Å². The molecule has 1 saturated heterocycles. The van der Waals surface area contributed by atoms with Crippen molar-refractivity contribution < 1.29 is 9.18 Å². The summed E-state index contributed by atoms with van der Waals surface area (Å²) in [5.41, 5.74) is 9.17. The first-order valence-electron chi connectivity index (χ1n) is 11.7. The molecule has 180 valence electrons. The Morgan fingerprint density at radius 1 is 1.29 bits per heavy atom. The van der Waals surface area contributed by atoms with Gasteiger partial charge < -0.3 is 16.0 Å². The molecule has 0 saturated carbocycles. The minimum absolute atomic E-state index is 0.0213. The molecule has 1 atom stereocenters. The van der Waals surface area contributed by atoms with E-state index < -0.39 is 6.04 Å². The molecule has 4 heterocycles. The largest absolute Gasteiger partial charge is 0.403 e. The molecule has 1 amide bonds. The van der Waals surface area contributed by atoms with Crippen LogP contribution in [0.4, 0.5) is 10.1 Å². The van der Waals surface area contributed by atoms with Crippen molar-refractivity contribution in [3.63, 3.8) is 0 Å². The molecular formula is C25H27FN8O. The highest BCUT2D eigenvalue weighted by Gasteiger charge is 2.38. The molecule has 0 spiro atoms. The van der Waals surface area contributed by atoms with Crippen LogP contribution in [0.2, 0.25) is 0 Å². The summed E-state index contributed by atoms with van der Waals surface area (Å²) in [5.74, 6) is 0.240. The van der Waals surface area contributed by atoms with E-state index in [2.05, 4.69) is 15.3 Å². The molecule has 0 aliphatic carbocycles. The van der Waals surface area contributed by atoms with Crippen molar-refractivity contribution in [3.05, 3.63) is 66.0 Å². The highest BCUT2D eigenvalue weighted by Crippen LogP contribution is 2.31. The molecule has 5 rings (SSSR count). The monoisotopic (exact) mass is 474 g/mol. The Morgan fingerprint density at radius 2 is 2.09 bits per heavy atom. The molecule has 35 heavy (non-hydrogen) atoms. The first-order chi connectivity index (χ1) is 17.0. The van der Waals surface area contributed by atoms with Crippen LogP contribution in [0.3, 0.4) is 0 Å². The number of halogens is 1. The zero-order valence-electron chi connectivity index (χ0n) is 19.6. The number of aromatic nitrogens is 3. The van der Waals surface area contributed by atoms with Crippen molar-refractivity contribution in [2.45, 2.75) is 26.3 Å². The summed E-state index contributed by atoms with van der Waals surface area (Å²) in [5, 5.41) is 8.88. The molecule has 3 N–H and O–H groups in total. The highest BCUT2D eigenvalue weighted by molar-refractivity contribution is 6.08. The lowest BCUT2D eigenvalue weighted by Gasteiger charge is -2.23. The Labute approximate surface area is 202 Å². The number of aliphatic imine (C=N–C) groups is 2. The first-order valence-corrected chi connectivity index (χ1v) is 11.7. The summed E-state index contributed by atoms with van der Waals surface area (Å²) < 4.78 is 15.1. The summed E-state index contributed by atoms with van der Waals surface area (Å²) >= 11 is 0. The van der Waals surface area contributed by atoms with E-state index in [1.165, 1.54) is 18.3 Å². The maximum atomic E-state index is 13.7. The van der Waals surface area contributed by atoms with Gasteiger partial charge >= 0.3 is 0 Å². The third-order valence-corrected chi connectivity index (χ3v) is 6.17. The fraction of sp³-hybridized carbons (Fsp3) is 0.320. The quantitative estimate of drug-likeness (QED) is 0.533. The zero-order valence-corrected chi connectivity index (χ0v) is 19.6. The predicted molar refractivity (Wildman–Crippen MR) is 133 cm³/mol. The zero-order chi connectivity index (χ0) is 24.5. The summed E-state index contributed by atoms with van der Waals surface area (Å²) in [7, 11) is 0. The molecule has 2 aliphatic rings. The molecule has 1 unspecified atom stereocenters. The number of pyridine rings is 1. The highest BCUT2D eigenvalue weighted by atomic mass is 19.1. The van der Waals surface area contributed by atoms with Crippen LogP contribution in [0.1, 0.15) is 32.0 Å². The number of carbonyl (C=O) groups excluding carboxylic acids is 1. The number of likely N-dealkylation sites (tertiary alicyclic amines) is 1. The lowest BCUT2D eigenvalue weighted by molar-refractivity contribution is -0.128. The molecule has 1 aromatic carbocycles. The molecule has 2 aliphatic heterocycles. The summed E-state index contributed by atoms with van der Waals surface area (Å²) in [6, 6.07) is 9.18. The summed E-state index contributed by atoms with van der Waals surface area (Å²) in [6.45, 7) is 5.88. The summed E-state index contributed by atoms with van der Waals surface area (Å²) in [6.07, 6.45) is 3.66. The van der Waals surface area contributed by atoms with Gasteiger partial charge in [0.15, 0.2) is 5.65 Å². The van der Waals surface area contributed by atoms with Gasteiger partial charge in [-0.1, -0.05) is 13.8 Å². The third kappa shape index (κ3) is 4.16. The van der Waals surface area contributed by atoms with Crippen LogP contribution in [0.25, 0.3) is 11.0 Å². The average Bonchev–Trinajstić information content (AvgIpc) is 3.59. The van der Waals surface area contributed by atoms with Gasteiger partial charge in [0.2, 0.25) is 0 Å². The van der Waals surface area contributed by atoms with Gasteiger partial charge in [-0.25, -0.2) is 14.1 Å². The fourth-order valence-corrected chi connectivity index (χ4v) is 4.50. The lowest BCUT2D eigenvalue weighted by Crippen LogP contribution is -2.34. The Balaban J connectivity index is 1.49. The van der Waals surface area contributed by atoms with Crippen LogP contribution in [-0.4, -0.2) is 56.8 Å². The van der Waals surface area contributed by atoms with Gasteiger partial charge in [0.05, 0.1) is 29.0 Å². The number of carbonyl (C=O) groups is 1. The fourth-order valence-electron chi connectivity index (χ4n) is 4.50. The van der Waals surface area contributed by atoms with Crippen LogP contribution in [-0.2, 0) is 4.79 Å². The van der Waals surface area contributed by atoms with Crippen LogP contribution in [0.15, 0.2) is 64.5 Å². The van der Waals surface area contributed by atoms with E-state index in [0.29, 0.717) is 47.9 Å². The van der Waals surface area contributed by atoms with E-state index in [1.54, 1.807) is 27.9 Å². The first kappa shape index (κ1) is 22.7. The number of nitrogens with zero attached hydrogens (tertiary/aromatic N) is 6. The normalized spacial score (nSPS) is 19.1. The van der Waals surface area contributed by atoms with Gasteiger partial charge in [-0.15, -0.1) is 0 Å². The SMILES string of the molecule is CC(C)C(=Nc1ccc(F)cc1)C(=CN)N1CCC(n2nc(C3=NCCN3)c3cccnc32)C1=O. The van der Waals surface area contributed by atoms with Crippen molar-refractivity contribution in [2.75, 3.05) is 19.6 Å². The van der Waals surface area contributed by atoms with Crippen LogP contribution in [0, 0.1) is 11.7 Å². The maximum Gasteiger partial charge on any atom is 0.252 e. The number of hydrogen-bond donors (Lipinski definition) is 2. The van der Waals surface area contributed by atoms with E-state index >= 15 is 0 Å². The topological polar surface area (TPSA) is 114 Å². The number of nitrogens with two attached hydrogens (primary N) is 1. The number of allylic oxidation sites excluding steroid dienone is 1. The number of fused-ring (bicyclic) bond motifs is 1. The maximum absolute atomic E-state index is 13.7. The number of amides is 1. The minimum Gasteiger partial charge on any atom is -0.403 e. The second-order valence-electron chi connectivity index (χ2n) is 8.80. The van der Waals surface area contributed by atoms with E-state index in [0.717, 1.165) is 17.8 Å². The Hall–Kier alpha value is -4.08. The van der Waals surface area contributed by atoms with Crippen LogP contribution >= 0.6 is 0 Å². The molecule has 10 heteroatoms. The molecule has 2 aromatic heterocycles. The minimum atomic E-state index is -0.530. The number of nitrogens with one attached hydrogen (secondary N) is 1. The Kier molecular flexibility index (Phi) is 6.02. The van der Waals surface area contributed by atoms with Gasteiger partial charge in [-0.2, -0.15) is 5.10 Å². The molecule has 3 aromatic rings. The van der Waals surface area contributed by atoms with Crippen molar-refractivity contribution >= 4 is 34.2 Å². The number of hydrogen-bond acceptors (Lipinski definition) is 7. The van der Waals surface area contributed by atoms with E-state index in [9.17, 15) is 9.18 Å².